The Kier molecular flexibility index (Phi) is 18.9. The van der Waals surface area contributed by atoms with Crippen LogP contribution in [-0.4, -0.2) is 107 Å². The molecule has 0 saturated carbocycles. The molecule has 1 fully saturated rings. The van der Waals surface area contributed by atoms with Gasteiger partial charge in [0, 0.05) is 13.0 Å². The summed E-state index contributed by atoms with van der Waals surface area (Å²) in [6.07, 6.45) is 4.53. The molecule has 38 heavy (non-hydrogen) atoms. The van der Waals surface area contributed by atoms with E-state index in [0.717, 1.165) is 25.8 Å². The van der Waals surface area contributed by atoms with E-state index in [9.17, 15) is 5.11 Å². The Morgan fingerprint density at radius 1 is 0.868 bits per heavy atom. The maximum Gasteiger partial charge on any atom is 0.0897 e. The van der Waals surface area contributed by atoms with Gasteiger partial charge in [0.2, 0.25) is 0 Å². The molecule has 2 aromatic carbocycles. The predicted molar refractivity (Wildman–Crippen MR) is 150 cm³/mol. The van der Waals surface area contributed by atoms with Crippen LogP contribution in [0, 0.1) is 6.92 Å². The van der Waals surface area contributed by atoms with E-state index < -0.39 is 18.3 Å². The third-order valence-electron chi connectivity index (χ3n) is 6.18. The van der Waals surface area contributed by atoms with E-state index >= 15 is 0 Å². The lowest BCUT2D eigenvalue weighted by atomic mass is 9.99. The zero-order valence-electron chi connectivity index (χ0n) is 23.1. The van der Waals surface area contributed by atoms with Crippen molar-refractivity contribution in [1.82, 2.24) is 4.90 Å². The fourth-order valence-corrected chi connectivity index (χ4v) is 4.04. The molecule has 1 aliphatic rings. The van der Waals surface area contributed by atoms with Crippen molar-refractivity contribution in [3.05, 3.63) is 70.8 Å². The van der Waals surface area contributed by atoms with Crippen LogP contribution >= 0.6 is 0 Å². The fraction of sp³-hybridized carbons (Fsp3) is 0.600. The molecule has 2 aromatic rings. The molecule has 6 N–H and O–H groups in total. The van der Waals surface area contributed by atoms with Gasteiger partial charge in [0.15, 0.2) is 0 Å². The summed E-state index contributed by atoms with van der Waals surface area (Å²) in [7, 11) is 1.99. The predicted octanol–water partition coefficient (Wildman–Crippen LogP) is 1.68. The number of unbranched alkanes of at least 4 members (excludes halogenated alkanes) is 2. The van der Waals surface area contributed by atoms with Crippen LogP contribution in [0.15, 0.2) is 48.5 Å². The molecule has 8 heteroatoms. The van der Waals surface area contributed by atoms with Crippen molar-refractivity contribution in [2.45, 2.75) is 63.8 Å². The molecule has 8 nitrogen and oxygen atoms in total. The topological polar surface area (TPSA) is 134 Å². The highest BCUT2D eigenvalue weighted by molar-refractivity contribution is 5.33. The number of ether oxygens (including phenoxy) is 1. The summed E-state index contributed by atoms with van der Waals surface area (Å²) in [5, 5.41) is 51.1. The molecule has 1 aliphatic heterocycles. The molecular formula is C30H49NO7. The normalized spacial score (nSPS) is 17.7. The number of hydrogen-bond acceptors (Lipinski definition) is 8. The number of nitrogens with zero attached hydrogens (tertiary/aromatic N) is 1. The van der Waals surface area contributed by atoms with Crippen molar-refractivity contribution in [3.63, 3.8) is 0 Å². The van der Waals surface area contributed by atoms with Crippen molar-refractivity contribution < 1.29 is 35.4 Å². The first kappa shape index (κ1) is 34.1. The molecule has 0 amide bonds. The first-order valence-corrected chi connectivity index (χ1v) is 13.5. The van der Waals surface area contributed by atoms with Crippen LogP contribution in [0.25, 0.3) is 0 Å². The van der Waals surface area contributed by atoms with E-state index in [4.69, 9.17) is 30.3 Å². The maximum atomic E-state index is 9.42. The van der Waals surface area contributed by atoms with Gasteiger partial charge in [-0.25, -0.2) is 0 Å². The highest BCUT2D eigenvalue weighted by Crippen LogP contribution is 2.15. The Balaban J connectivity index is 0.000000495. The summed E-state index contributed by atoms with van der Waals surface area (Å²) in [4.78, 5) is 2.08. The Morgan fingerprint density at radius 2 is 1.47 bits per heavy atom. The zero-order chi connectivity index (χ0) is 28.2. The van der Waals surface area contributed by atoms with Gasteiger partial charge in [0.25, 0.3) is 0 Å². The molecule has 0 spiro atoms. The van der Waals surface area contributed by atoms with E-state index in [0.29, 0.717) is 26.2 Å². The molecule has 1 saturated heterocycles. The number of benzene rings is 2. The zero-order valence-corrected chi connectivity index (χ0v) is 23.1. The van der Waals surface area contributed by atoms with Crippen LogP contribution in [0.4, 0.5) is 0 Å². The van der Waals surface area contributed by atoms with Crippen molar-refractivity contribution >= 4 is 0 Å². The van der Waals surface area contributed by atoms with E-state index in [1.54, 1.807) is 0 Å². The molecule has 0 radical (unpaired) electrons. The number of hydrogen-bond donors (Lipinski definition) is 6. The molecule has 3 rings (SSSR count). The number of aliphatic hydroxyl groups excluding tert-OH is 6. The highest BCUT2D eigenvalue weighted by atomic mass is 16.5. The summed E-state index contributed by atoms with van der Waals surface area (Å²) in [5.74, 6) is 0. The average molecular weight is 536 g/mol. The van der Waals surface area contributed by atoms with Crippen LogP contribution in [0.3, 0.4) is 0 Å². The number of rotatable bonds is 12. The minimum Gasteiger partial charge on any atom is -0.394 e. The Hall–Kier alpha value is -1.88. The molecule has 0 aliphatic carbocycles. The van der Waals surface area contributed by atoms with Crippen LogP contribution < -0.4 is 0 Å². The molecule has 1 heterocycles. The van der Waals surface area contributed by atoms with Gasteiger partial charge in [0.1, 0.15) is 0 Å². The molecule has 3 unspecified atom stereocenters. The Bertz CT molecular complexity index is 824. The molecule has 0 aromatic heterocycles. The summed E-state index contributed by atoms with van der Waals surface area (Å²) >= 11 is 0. The maximum absolute atomic E-state index is 9.42. The first-order chi connectivity index (χ1) is 18.3. The summed E-state index contributed by atoms with van der Waals surface area (Å²) in [5.41, 5.74) is 5.53. The molecular weight excluding hydrogens is 486 g/mol. The standard InChI is InChI=1S/C23H33NO2.C5H10O3.C2H6O2/c1-19-8-5-6-10-22(19)16-21-13-11-20(12-14-21)9-4-3-7-15-24(2)17-23(26)18-25;6-4-1-5(7)3-8-2-4;3-1-2-4/h5-6,8,10-14,23,25-26H,3-4,7,9,15-18H2,1-2H3;4-7H,1-3H2;3-4H,1-2H2. The van der Waals surface area contributed by atoms with Crippen LogP contribution in [0.1, 0.15) is 47.9 Å². The lowest BCUT2D eigenvalue weighted by Gasteiger charge is -2.21. The van der Waals surface area contributed by atoms with Gasteiger partial charge in [-0.1, -0.05) is 55.0 Å². The van der Waals surface area contributed by atoms with Gasteiger partial charge < -0.3 is 40.3 Å². The summed E-state index contributed by atoms with van der Waals surface area (Å²) in [6, 6.07) is 17.6. The van der Waals surface area contributed by atoms with E-state index in [-0.39, 0.29) is 19.8 Å². The minimum absolute atomic E-state index is 0.125. The largest absolute Gasteiger partial charge is 0.394 e. The molecule has 216 valence electrons. The van der Waals surface area contributed by atoms with Gasteiger partial charge >= 0.3 is 0 Å². The van der Waals surface area contributed by atoms with Crippen molar-refractivity contribution in [3.8, 4) is 0 Å². The Morgan fingerprint density at radius 3 is 2.00 bits per heavy atom. The number of likely N-dealkylation sites (N-methyl/N-ethyl adjacent to an activating group) is 1. The third kappa shape index (κ3) is 16.2. The van der Waals surface area contributed by atoms with Crippen molar-refractivity contribution in [2.24, 2.45) is 0 Å². The minimum atomic E-state index is -0.627. The van der Waals surface area contributed by atoms with Gasteiger partial charge in [-0.05, 0) is 68.5 Å². The van der Waals surface area contributed by atoms with E-state index in [1.165, 1.54) is 35.1 Å². The van der Waals surface area contributed by atoms with Crippen LogP contribution in [0.2, 0.25) is 0 Å². The second kappa shape index (κ2) is 21.0. The van der Waals surface area contributed by atoms with Gasteiger partial charge in [-0.2, -0.15) is 0 Å². The number of aliphatic hydroxyl groups is 6. The first-order valence-electron chi connectivity index (χ1n) is 13.5. The summed E-state index contributed by atoms with van der Waals surface area (Å²) < 4.78 is 4.79. The summed E-state index contributed by atoms with van der Waals surface area (Å²) in [6.45, 7) is 4.01. The molecule has 0 bridgehead atoms. The van der Waals surface area contributed by atoms with Gasteiger partial charge in [-0.3, -0.25) is 0 Å². The van der Waals surface area contributed by atoms with E-state index in [2.05, 4.69) is 60.4 Å². The monoisotopic (exact) mass is 535 g/mol. The Labute approximate surface area is 228 Å². The van der Waals surface area contributed by atoms with Gasteiger partial charge in [0.05, 0.1) is 51.3 Å². The second-order valence-electron chi connectivity index (χ2n) is 9.86. The van der Waals surface area contributed by atoms with Gasteiger partial charge in [-0.15, -0.1) is 0 Å². The quantitative estimate of drug-likeness (QED) is 0.226. The van der Waals surface area contributed by atoms with Crippen LogP contribution in [0.5, 0.6) is 0 Å². The highest BCUT2D eigenvalue weighted by Gasteiger charge is 2.17. The van der Waals surface area contributed by atoms with E-state index in [1.807, 2.05) is 7.05 Å². The van der Waals surface area contributed by atoms with Crippen molar-refractivity contribution in [1.29, 1.82) is 0 Å². The smallest absolute Gasteiger partial charge is 0.0897 e. The fourth-order valence-electron chi connectivity index (χ4n) is 4.04. The second-order valence-corrected chi connectivity index (χ2v) is 9.86. The lowest BCUT2D eigenvalue weighted by molar-refractivity contribution is -0.0715. The molecule has 3 atom stereocenters. The number of aryl methyl sites for hydroxylation is 2. The average Bonchev–Trinajstić information content (AvgIpc) is 2.91. The SMILES string of the molecule is Cc1ccccc1Cc1ccc(CCCCCN(C)CC(O)CO)cc1.OC1COCC(O)C1.OCCO. The van der Waals surface area contributed by atoms with Crippen LogP contribution in [-0.2, 0) is 17.6 Å². The third-order valence-corrected chi connectivity index (χ3v) is 6.18. The van der Waals surface area contributed by atoms with Crippen molar-refractivity contribution in [2.75, 3.05) is 53.2 Å². The lowest BCUT2D eigenvalue weighted by Crippen LogP contribution is -2.32.